The first kappa shape index (κ1) is 12.9. The zero-order valence-electron chi connectivity index (χ0n) is 9.52. The normalized spacial score (nSPS) is 14.1. The van der Waals surface area contributed by atoms with Gasteiger partial charge in [0.2, 0.25) is 0 Å². The van der Waals surface area contributed by atoms with Gasteiger partial charge >= 0.3 is 0 Å². The van der Waals surface area contributed by atoms with E-state index in [-0.39, 0.29) is 0 Å². The Morgan fingerprint density at radius 3 is 2.14 bits per heavy atom. The van der Waals surface area contributed by atoms with Crippen molar-refractivity contribution >= 4 is 0 Å². The zero-order chi connectivity index (χ0) is 11.4. The van der Waals surface area contributed by atoms with E-state index in [1.54, 1.807) is 6.08 Å². The van der Waals surface area contributed by atoms with Crippen molar-refractivity contribution < 1.29 is 4.39 Å². The summed E-state index contributed by atoms with van der Waals surface area (Å²) >= 11 is 0. The van der Waals surface area contributed by atoms with Gasteiger partial charge < -0.3 is 0 Å². The zero-order valence-corrected chi connectivity index (χ0v) is 9.52. The van der Waals surface area contributed by atoms with E-state index in [9.17, 15) is 4.39 Å². The molecule has 0 bridgehead atoms. The molecule has 0 unspecified atom stereocenters. The molecule has 14 heavy (non-hydrogen) atoms. The molecule has 0 atom stereocenters. The van der Waals surface area contributed by atoms with Crippen LogP contribution in [0.3, 0.4) is 0 Å². The van der Waals surface area contributed by atoms with Gasteiger partial charge in [0.15, 0.2) is 0 Å². The van der Waals surface area contributed by atoms with E-state index in [1.165, 1.54) is 13.8 Å². The lowest BCUT2D eigenvalue weighted by molar-refractivity contribution is 0.272. The molecule has 0 saturated carbocycles. The first-order chi connectivity index (χ1) is 6.34. The second-order valence-corrected chi connectivity index (χ2v) is 3.74. The molecule has 0 amide bonds. The molecule has 0 N–H and O–H groups in total. The van der Waals surface area contributed by atoms with Crippen molar-refractivity contribution in [2.45, 2.75) is 33.4 Å². The molecule has 0 aliphatic rings. The molecule has 0 saturated heterocycles. The molecule has 0 aliphatic carbocycles. The van der Waals surface area contributed by atoms with E-state index in [1.807, 2.05) is 26.0 Å². The molecule has 0 aliphatic heterocycles. The highest BCUT2D eigenvalue weighted by Gasteiger charge is 2.21. The van der Waals surface area contributed by atoms with Crippen LogP contribution in [0.15, 0.2) is 48.1 Å². The quantitative estimate of drug-likeness (QED) is 0.583. The minimum absolute atomic E-state index is 0.598. The largest absolute Gasteiger partial charge is 0.239 e. The summed E-state index contributed by atoms with van der Waals surface area (Å²) in [5.74, 6) is 0. The van der Waals surface area contributed by atoms with Crippen molar-refractivity contribution in [2.24, 2.45) is 0 Å². The SMILES string of the molecule is C=C/C(=C(\C)C(=C)/C=C\C)C(C)(C)F. The van der Waals surface area contributed by atoms with Crippen LogP contribution in [-0.4, -0.2) is 5.67 Å². The van der Waals surface area contributed by atoms with Crippen LogP contribution >= 0.6 is 0 Å². The molecule has 0 rings (SSSR count). The van der Waals surface area contributed by atoms with Crippen molar-refractivity contribution in [2.75, 3.05) is 0 Å². The van der Waals surface area contributed by atoms with E-state index in [0.717, 1.165) is 11.1 Å². The molecule has 0 aromatic rings. The average Bonchev–Trinajstić information content (AvgIpc) is 2.03. The predicted octanol–water partition coefficient (Wildman–Crippen LogP) is 4.37. The van der Waals surface area contributed by atoms with Crippen LogP contribution in [0.2, 0.25) is 0 Å². The monoisotopic (exact) mass is 194 g/mol. The topological polar surface area (TPSA) is 0 Å². The molecule has 0 spiro atoms. The van der Waals surface area contributed by atoms with Crippen molar-refractivity contribution in [3.8, 4) is 0 Å². The van der Waals surface area contributed by atoms with Gasteiger partial charge in [-0.2, -0.15) is 0 Å². The van der Waals surface area contributed by atoms with E-state index < -0.39 is 5.67 Å². The molecule has 0 nitrogen and oxygen atoms in total. The average molecular weight is 194 g/mol. The number of hydrogen-bond acceptors (Lipinski definition) is 0. The van der Waals surface area contributed by atoms with E-state index in [4.69, 9.17) is 0 Å². The maximum Gasteiger partial charge on any atom is 0.130 e. The van der Waals surface area contributed by atoms with Gasteiger partial charge in [0.1, 0.15) is 5.67 Å². The Hall–Kier alpha value is -1.11. The highest BCUT2D eigenvalue weighted by molar-refractivity contribution is 5.45. The van der Waals surface area contributed by atoms with Crippen LogP contribution in [0, 0.1) is 0 Å². The molecule has 78 valence electrons. The van der Waals surface area contributed by atoms with Crippen molar-refractivity contribution in [1.82, 2.24) is 0 Å². The molecule has 0 heterocycles. The Labute approximate surface area is 86.5 Å². The molecule has 1 heteroatoms. The lowest BCUT2D eigenvalue weighted by atomic mass is 9.92. The minimum atomic E-state index is -1.36. The van der Waals surface area contributed by atoms with Crippen LogP contribution in [0.4, 0.5) is 4.39 Å². The first-order valence-electron chi connectivity index (χ1n) is 4.69. The lowest BCUT2D eigenvalue weighted by Gasteiger charge is -2.19. The van der Waals surface area contributed by atoms with Gasteiger partial charge in [-0.15, -0.1) is 0 Å². The number of hydrogen-bond donors (Lipinski definition) is 0. The number of allylic oxidation sites excluding steroid dienone is 6. The number of rotatable bonds is 4. The van der Waals surface area contributed by atoms with E-state index in [0.29, 0.717) is 5.57 Å². The minimum Gasteiger partial charge on any atom is -0.239 e. The summed E-state index contributed by atoms with van der Waals surface area (Å²) in [7, 11) is 0. The fourth-order valence-electron chi connectivity index (χ4n) is 1.34. The third kappa shape index (κ3) is 3.33. The Morgan fingerprint density at radius 1 is 1.36 bits per heavy atom. The fraction of sp³-hybridized carbons (Fsp3) is 0.385. The first-order valence-corrected chi connectivity index (χ1v) is 4.69. The van der Waals surface area contributed by atoms with Crippen LogP contribution < -0.4 is 0 Å². The van der Waals surface area contributed by atoms with Gasteiger partial charge in [0.05, 0.1) is 0 Å². The Kier molecular flexibility index (Phi) is 4.55. The summed E-state index contributed by atoms with van der Waals surface area (Å²) < 4.78 is 13.7. The third-order valence-electron chi connectivity index (χ3n) is 2.10. The lowest BCUT2D eigenvalue weighted by Crippen LogP contribution is -2.16. The van der Waals surface area contributed by atoms with Crippen molar-refractivity contribution in [3.63, 3.8) is 0 Å². The highest BCUT2D eigenvalue weighted by Crippen LogP contribution is 2.27. The van der Waals surface area contributed by atoms with Gasteiger partial charge in [0, 0.05) is 0 Å². The number of halogens is 1. The number of alkyl halides is 1. The molecule has 0 radical (unpaired) electrons. The van der Waals surface area contributed by atoms with Crippen molar-refractivity contribution in [3.05, 3.63) is 48.1 Å². The van der Waals surface area contributed by atoms with E-state index in [2.05, 4.69) is 13.2 Å². The Morgan fingerprint density at radius 2 is 1.86 bits per heavy atom. The van der Waals surface area contributed by atoms with E-state index >= 15 is 0 Å². The molecule has 0 aromatic heterocycles. The molecule has 0 aromatic carbocycles. The summed E-state index contributed by atoms with van der Waals surface area (Å²) in [5.41, 5.74) is 0.912. The second kappa shape index (κ2) is 4.94. The van der Waals surface area contributed by atoms with Gasteiger partial charge in [-0.3, -0.25) is 0 Å². The molecular weight excluding hydrogens is 175 g/mol. The summed E-state index contributed by atoms with van der Waals surface area (Å²) in [5, 5.41) is 0. The maximum atomic E-state index is 13.7. The van der Waals surface area contributed by atoms with Crippen LogP contribution in [0.1, 0.15) is 27.7 Å². The summed E-state index contributed by atoms with van der Waals surface area (Å²) in [6, 6.07) is 0. The van der Waals surface area contributed by atoms with Crippen molar-refractivity contribution in [1.29, 1.82) is 0 Å². The fourth-order valence-corrected chi connectivity index (χ4v) is 1.34. The van der Waals surface area contributed by atoms with Gasteiger partial charge in [0.25, 0.3) is 0 Å². The second-order valence-electron chi connectivity index (χ2n) is 3.74. The maximum absolute atomic E-state index is 13.7. The summed E-state index contributed by atoms with van der Waals surface area (Å²) in [6.45, 7) is 14.3. The van der Waals surface area contributed by atoms with Crippen LogP contribution in [0.5, 0.6) is 0 Å². The van der Waals surface area contributed by atoms with Crippen LogP contribution in [-0.2, 0) is 0 Å². The third-order valence-corrected chi connectivity index (χ3v) is 2.10. The van der Waals surface area contributed by atoms with Crippen LogP contribution in [0.25, 0.3) is 0 Å². The molecular formula is C13H19F. The van der Waals surface area contributed by atoms with Gasteiger partial charge in [-0.05, 0) is 44.4 Å². The summed E-state index contributed by atoms with van der Waals surface area (Å²) in [4.78, 5) is 0. The Bertz CT molecular complexity index is 285. The highest BCUT2D eigenvalue weighted by atomic mass is 19.1. The predicted molar refractivity (Wildman–Crippen MR) is 62.0 cm³/mol. The van der Waals surface area contributed by atoms with Gasteiger partial charge in [-0.25, -0.2) is 4.39 Å². The van der Waals surface area contributed by atoms with Gasteiger partial charge in [-0.1, -0.05) is 31.4 Å². The standard InChI is InChI=1S/C13H19F/c1-7-9-10(3)11(4)12(8-2)13(5,6)14/h7-9H,2-3H2,1,4-6H3/b9-7-,12-11-. The smallest absolute Gasteiger partial charge is 0.130 e. The summed E-state index contributed by atoms with van der Waals surface area (Å²) in [6.07, 6.45) is 5.31. The Balaban J connectivity index is 5.24. The molecule has 0 fully saturated rings.